The molecule has 3 rings (SSSR count). The highest BCUT2D eigenvalue weighted by atomic mass is 16.6. The third kappa shape index (κ3) is 3.04. The van der Waals surface area contributed by atoms with Crippen LogP contribution in [0.15, 0.2) is 54.6 Å². The van der Waals surface area contributed by atoms with E-state index in [0.717, 1.165) is 16.7 Å². The number of fused-ring (bicyclic) bond motifs is 1. The number of esters is 1. The molecule has 0 N–H and O–H groups in total. The summed E-state index contributed by atoms with van der Waals surface area (Å²) in [5, 5.41) is 0. The van der Waals surface area contributed by atoms with Crippen molar-refractivity contribution < 1.29 is 19.1 Å². The Kier molecular flexibility index (Phi) is 4.28. The van der Waals surface area contributed by atoms with E-state index in [9.17, 15) is 9.59 Å². The standard InChI is InChI=1S/C18H17NO4/c1-22-17(20)16-15-10-6-5-9-14(15)11-19(16)18(21)23-12-13-7-3-2-4-8-13/h2-10,16H,11-12H2,1H3/t16-/m1/s1. The quantitative estimate of drug-likeness (QED) is 0.818. The van der Waals surface area contributed by atoms with E-state index >= 15 is 0 Å². The number of ether oxygens (including phenoxy) is 2. The fourth-order valence-corrected chi connectivity index (χ4v) is 2.73. The van der Waals surface area contributed by atoms with Crippen LogP contribution in [0.3, 0.4) is 0 Å². The van der Waals surface area contributed by atoms with Crippen molar-refractivity contribution >= 4 is 12.1 Å². The molecule has 0 saturated heterocycles. The lowest BCUT2D eigenvalue weighted by Crippen LogP contribution is -2.34. The van der Waals surface area contributed by atoms with Gasteiger partial charge >= 0.3 is 12.1 Å². The SMILES string of the molecule is COC(=O)[C@H]1c2ccccc2CN1C(=O)OCc1ccccc1. The van der Waals surface area contributed by atoms with Crippen molar-refractivity contribution in [1.82, 2.24) is 4.90 Å². The van der Waals surface area contributed by atoms with Crippen LogP contribution < -0.4 is 0 Å². The van der Waals surface area contributed by atoms with Gasteiger partial charge in [0.2, 0.25) is 0 Å². The Morgan fingerprint density at radius 3 is 2.52 bits per heavy atom. The molecule has 0 spiro atoms. The molecule has 5 nitrogen and oxygen atoms in total. The Bertz CT molecular complexity index is 714. The molecule has 1 aliphatic heterocycles. The molecule has 2 aromatic carbocycles. The van der Waals surface area contributed by atoms with Gasteiger partial charge in [-0.1, -0.05) is 54.6 Å². The van der Waals surface area contributed by atoms with E-state index in [1.807, 2.05) is 54.6 Å². The molecular formula is C18H17NO4. The molecule has 1 heterocycles. The summed E-state index contributed by atoms with van der Waals surface area (Å²) in [7, 11) is 1.32. The van der Waals surface area contributed by atoms with Crippen molar-refractivity contribution in [3.05, 3.63) is 71.3 Å². The Morgan fingerprint density at radius 2 is 1.78 bits per heavy atom. The van der Waals surface area contributed by atoms with Crippen molar-refractivity contribution in [1.29, 1.82) is 0 Å². The van der Waals surface area contributed by atoms with E-state index in [1.165, 1.54) is 12.0 Å². The van der Waals surface area contributed by atoms with Crippen LogP contribution in [-0.2, 0) is 27.4 Å². The van der Waals surface area contributed by atoms with Crippen LogP contribution in [-0.4, -0.2) is 24.1 Å². The third-order valence-electron chi connectivity index (χ3n) is 3.87. The molecule has 1 atom stereocenters. The molecule has 2 aromatic rings. The lowest BCUT2D eigenvalue weighted by molar-refractivity contribution is -0.146. The first-order chi connectivity index (χ1) is 11.2. The fraction of sp³-hybridized carbons (Fsp3) is 0.222. The number of rotatable bonds is 3. The summed E-state index contributed by atoms with van der Waals surface area (Å²) < 4.78 is 10.2. The van der Waals surface area contributed by atoms with Crippen LogP contribution in [0.5, 0.6) is 0 Å². The van der Waals surface area contributed by atoms with Crippen LogP contribution in [0.25, 0.3) is 0 Å². The summed E-state index contributed by atoms with van der Waals surface area (Å²) in [5.41, 5.74) is 2.61. The van der Waals surface area contributed by atoms with Crippen molar-refractivity contribution in [2.75, 3.05) is 7.11 Å². The van der Waals surface area contributed by atoms with Crippen molar-refractivity contribution in [3.63, 3.8) is 0 Å². The van der Waals surface area contributed by atoms with E-state index in [2.05, 4.69) is 0 Å². The van der Waals surface area contributed by atoms with E-state index in [0.29, 0.717) is 6.54 Å². The van der Waals surface area contributed by atoms with Crippen molar-refractivity contribution in [2.24, 2.45) is 0 Å². The van der Waals surface area contributed by atoms with Crippen LogP contribution >= 0.6 is 0 Å². The zero-order valence-corrected chi connectivity index (χ0v) is 12.8. The Labute approximate surface area is 134 Å². The summed E-state index contributed by atoms with van der Waals surface area (Å²) >= 11 is 0. The molecule has 0 bridgehead atoms. The summed E-state index contributed by atoms with van der Waals surface area (Å²) in [6, 6.07) is 16.1. The predicted molar refractivity (Wildman–Crippen MR) is 83.4 cm³/mol. The van der Waals surface area contributed by atoms with Crippen molar-refractivity contribution in [3.8, 4) is 0 Å². The van der Waals surface area contributed by atoms with Gasteiger partial charge in [-0.2, -0.15) is 0 Å². The highest BCUT2D eigenvalue weighted by molar-refractivity contribution is 5.84. The molecule has 1 aliphatic rings. The Morgan fingerprint density at radius 1 is 1.09 bits per heavy atom. The number of nitrogens with zero attached hydrogens (tertiary/aromatic N) is 1. The molecular weight excluding hydrogens is 294 g/mol. The number of carbonyl (C=O) groups excluding carboxylic acids is 2. The normalized spacial score (nSPS) is 15.9. The lowest BCUT2D eigenvalue weighted by atomic mass is 10.1. The molecule has 0 aliphatic carbocycles. The maximum absolute atomic E-state index is 12.4. The van der Waals surface area contributed by atoms with Crippen LogP contribution in [0.4, 0.5) is 4.79 Å². The molecule has 1 amide bonds. The van der Waals surface area contributed by atoms with E-state index in [-0.39, 0.29) is 6.61 Å². The highest BCUT2D eigenvalue weighted by Crippen LogP contribution is 2.34. The van der Waals surface area contributed by atoms with Gasteiger partial charge in [0.15, 0.2) is 6.04 Å². The monoisotopic (exact) mass is 311 g/mol. The van der Waals surface area contributed by atoms with Crippen LogP contribution in [0.1, 0.15) is 22.7 Å². The van der Waals surface area contributed by atoms with Gasteiger partial charge in [-0.3, -0.25) is 4.90 Å². The van der Waals surface area contributed by atoms with E-state index in [4.69, 9.17) is 9.47 Å². The summed E-state index contributed by atoms with van der Waals surface area (Å²) in [6.07, 6.45) is -0.527. The topological polar surface area (TPSA) is 55.8 Å². The van der Waals surface area contributed by atoms with Gasteiger partial charge in [-0.25, -0.2) is 9.59 Å². The maximum atomic E-state index is 12.4. The van der Waals surface area contributed by atoms with Gasteiger partial charge < -0.3 is 9.47 Å². The Hall–Kier alpha value is -2.82. The molecule has 5 heteroatoms. The van der Waals surface area contributed by atoms with Gasteiger partial charge in [-0.05, 0) is 16.7 Å². The second kappa shape index (κ2) is 6.52. The number of hydrogen-bond acceptors (Lipinski definition) is 4. The van der Waals surface area contributed by atoms with Gasteiger partial charge in [0.25, 0.3) is 0 Å². The van der Waals surface area contributed by atoms with E-state index < -0.39 is 18.1 Å². The predicted octanol–water partition coefficient (Wildman–Crippen LogP) is 3.05. The minimum atomic E-state index is -0.750. The largest absolute Gasteiger partial charge is 0.467 e. The second-order valence-electron chi connectivity index (χ2n) is 5.29. The fourth-order valence-electron chi connectivity index (χ4n) is 2.73. The molecule has 0 fully saturated rings. The smallest absolute Gasteiger partial charge is 0.411 e. The average Bonchev–Trinajstić information content (AvgIpc) is 2.99. The third-order valence-corrected chi connectivity index (χ3v) is 3.87. The Balaban J connectivity index is 1.76. The molecule has 0 aromatic heterocycles. The van der Waals surface area contributed by atoms with Crippen LogP contribution in [0.2, 0.25) is 0 Å². The zero-order valence-electron chi connectivity index (χ0n) is 12.8. The molecule has 0 unspecified atom stereocenters. The molecule has 0 radical (unpaired) electrons. The van der Waals surface area contributed by atoms with E-state index in [1.54, 1.807) is 0 Å². The molecule has 0 saturated carbocycles. The summed E-state index contributed by atoms with van der Waals surface area (Å²) in [4.78, 5) is 25.9. The average molecular weight is 311 g/mol. The van der Waals surface area contributed by atoms with Crippen LogP contribution in [0, 0.1) is 0 Å². The first kappa shape index (κ1) is 15.1. The summed E-state index contributed by atoms with van der Waals surface area (Å²) in [5.74, 6) is -0.466. The zero-order chi connectivity index (χ0) is 16.2. The molecule has 118 valence electrons. The number of benzene rings is 2. The minimum Gasteiger partial charge on any atom is -0.467 e. The number of amides is 1. The van der Waals surface area contributed by atoms with Gasteiger partial charge in [0.05, 0.1) is 13.7 Å². The second-order valence-corrected chi connectivity index (χ2v) is 5.29. The first-order valence-corrected chi connectivity index (χ1v) is 7.33. The van der Waals surface area contributed by atoms with Gasteiger partial charge in [0.1, 0.15) is 6.61 Å². The number of methoxy groups -OCH3 is 1. The lowest BCUT2D eigenvalue weighted by Gasteiger charge is -2.22. The maximum Gasteiger partial charge on any atom is 0.411 e. The summed E-state index contributed by atoms with van der Waals surface area (Å²) in [6.45, 7) is 0.504. The number of carbonyl (C=O) groups is 2. The van der Waals surface area contributed by atoms with Crippen molar-refractivity contribution in [2.45, 2.75) is 19.2 Å². The highest BCUT2D eigenvalue weighted by Gasteiger charge is 2.39. The first-order valence-electron chi connectivity index (χ1n) is 7.33. The molecule has 23 heavy (non-hydrogen) atoms. The minimum absolute atomic E-state index is 0.167. The number of hydrogen-bond donors (Lipinski definition) is 0. The van der Waals surface area contributed by atoms with Gasteiger partial charge in [0, 0.05) is 0 Å². The van der Waals surface area contributed by atoms with Gasteiger partial charge in [-0.15, -0.1) is 0 Å².